The zero-order valence-electron chi connectivity index (χ0n) is 12.8. The molecule has 1 rings (SSSR count). The minimum absolute atomic E-state index is 0.0764. The number of aryl methyl sites for hydroxylation is 1. The standard InChI is InChI=1S/C15H23NO4/c1-10-6-7-12(19-10)11(2)16-13(17)8-9-14(18)20-15(3,4)5/h6-7,11H,8-9H2,1-5H3,(H,16,17). The van der Waals surface area contributed by atoms with Gasteiger partial charge in [-0.2, -0.15) is 0 Å². The van der Waals surface area contributed by atoms with Gasteiger partial charge in [0.25, 0.3) is 0 Å². The van der Waals surface area contributed by atoms with Gasteiger partial charge in [0, 0.05) is 6.42 Å². The van der Waals surface area contributed by atoms with Gasteiger partial charge in [-0.1, -0.05) is 0 Å². The van der Waals surface area contributed by atoms with Crippen LogP contribution in [0.15, 0.2) is 16.5 Å². The van der Waals surface area contributed by atoms with Crippen LogP contribution in [-0.4, -0.2) is 17.5 Å². The summed E-state index contributed by atoms with van der Waals surface area (Å²) in [5, 5.41) is 2.79. The first-order chi connectivity index (χ1) is 9.17. The smallest absolute Gasteiger partial charge is 0.306 e. The number of amides is 1. The molecule has 0 bridgehead atoms. The first kappa shape index (κ1) is 16.3. The molecule has 1 atom stereocenters. The van der Waals surface area contributed by atoms with Crippen molar-refractivity contribution in [1.82, 2.24) is 5.32 Å². The first-order valence-corrected chi connectivity index (χ1v) is 6.75. The van der Waals surface area contributed by atoms with E-state index in [1.165, 1.54) is 0 Å². The lowest BCUT2D eigenvalue weighted by Gasteiger charge is -2.19. The SMILES string of the molecule is Cc1ccc(C(C)NC(=O)CCC(=O)OC(C)(C)C)o1. The van der Waals surface area contributed by atoms with Gasteiger partial charge >= 0.3 is 5.97 Å². The number of esters is 1. The Morgan fingerprint density at radius 1 is 1.30 bits per heavy atom. The lowest BCUT2D eigenvalue weighted by molar-refractivity contribution is -0.155. The summed E-state index contributed by atoms with van der Waals surface area (Å²) in [6, 6.07) is 3.46. The van der Waals surface area contributed by atoms with Crippen LogP contribution < -0.4 is 5.32 Å². The lowest BCUT2D eigenvalue weighted by Crippen LogP contribution is -2.28. The van der Waals surface area contributed by atoms with Crippen LogP contribution in [0.2, 0.25) is 0 Å². The highest BCUT2D eigenvalue weighted by Crippen LogP contribution is 2.16. The predicted molar refractivity (Wildman–Crippen MR) is 75.1 cm³/mol. The number of furan rings is 1. The van der Waals surface area contributed by atoms with Crippen LogP contribution in [0.3, 0.4) is 0 Å². The second-order valence-electron chi connectivity index (χ2n) is 5.82. The molecule has 5 nitrogen and oxygen atoms in total. The fourth-order valence-corrected chi connectivity index (χ4v) is 1.68. The molecule has 0 aromatic carbocycles. The molecule has 0 fully saturated rings. The van der Waals surface area contributed by atoms with Crippen LogP contribution in [0, 0.1) is 6.92 Å². The Hall–Kier alpha value is -1.78. The van der Waals surface area contributed by atoms with Crippen molar-refractivity contribution in [2.75, 3.05) is 0 Å². The molecule has 0 saturated heterocycles. The summed E-state index contributed by atoms with van der Waals surface area (Å²) >= 11 is 0. The number of nitrogens with one attached hydrogen (secondary N) is 1. The van der Waals surface area contributed by atoms with Gasteiger partial charge in [-0.05, 0) is 46.8 Å². The predicted octanol–water partition coefficient (Wildman–Crippen LogP) is 2.89. The van der Waals surface area contributed by atoms with Gasteiger partial charge in [-0.3, -0.25) is 9.59 Å². The number of hydrogen-bond acceptors (Lipinski definition) is 4. The van der Waals surface area contributed by atoms with E-state index in [1.807, 2.05) is 26.0 Å². The van der Waals surface area contributed by atoms with Crippen molar-refractivity contribution in [1.29, 1.82) is 0 Å². The summed E-state index contributed by atoms with van der Waals surface area (Å²) in [5.74, 6) is 0.939. The van der Waals surface area contributed by atoms with Gasteiger partial charge in [0.2, 0.25) is 5.91 Å². The molecular weight excluding hydrogens is 258 g/mol. The summed E-state index contributed by atoms with van der Waals surface area (Å²) in [7, 11) is 0. The Morgan fingerprint density at radius 2 is 1.95 bits per heavy atom. The molecule has 0 aliphatic rings. The fourth-order valence-electron chi connectivity index (χ4n) is 1.68. The zero-order chi connectivity index (χ0) is 15.3. The zero-order valence-corrected chi connectivity index (χ0v) is 12.8. The van der Waals surface area contributed by atoms with E-state index < -0.39 is 5.60 Å². The van der Waals surface area contributed by atoms with Crippen LogP contribution >= 0.6 is 0 Å². The number of carbonyl (C=O) groups excluding carboxylic acids is 2. The minimum atomic E-state index is -0.521. The van der Waals surface area contributed by atoms with E-state index in [4.69, 9.17) is 9.15 Å². The van der Waals surface area contributed by atoms with Crippen molar-refractivity contribution < 1.29 is 18.7 Å². The fraction of sp³-hybridized carbons (Fsp3) is 0.600. The highest BCUT2D eigenvalue weighted by atomic mass is 16.6. The second kappa shape index (κ2) is 6.59. The van der Waals surface area contributed by atoms with Crippen molar-refractivity contribution in [3.8, 4) is 0 Å². The maximum Gasteiger partial charge on any atom is 0.306 e. The molecule has 0 radical (unpaired) electrons. The summed E-state index contributed by atoms with van der Waals surface area (Å²) in [6.07, 6.45) is 0.186. The monoisotopic (exact) mass is 281 g/mol. The van der Waals surface area contributed by atoms with Crippen molar-refractivity contribution >= 4 is 11.9 Å². The van der Waals surface area contributed by atoms with Gasteiger partial charge in [-0.25, -0.2) is 0 Å². The molecule has 1 unspecified atom stereocenters. The third-order valence-electron chi connectivity index (χ3n) is 2.54. The van der Waals surface area contributed by atoms with Crippen molar-refractivity contribution in [2.45, 2.75) is 59.1 Å². The van der Waals surface area contributed by atoms with Crippen molar-refractivity contribution in [3.63, 3.8) is 0 Å². The quantitative estimate of drug-likeness (QED) is 0.843. The van der Waals surface area contributed by atoms with Crippen molar-refractivity contribution in [2.24, 2.45) is 0 Å². The molecule has 0 aliphatic carbocycles. The van der Waals surface area contributed by atoms with Crippen LogP contribution in [-0.2, 0) is 14.3 Å². The van der Waals surface area contributed by atoms with Gasteiger partial charge in [-0.15, -0.1) is 0 Å². The third-order valence-corrected chi connectivity index (χ3v) is 2.54. The average molecular weight is 281 g/mol. The molecule has 0 aliphatic heterocycles. The Labute approximate surface area is 119 Å². The van der Waals surface area contributed by atoms with Gasteiger partial charge < -0.3 is 14.5 Å². The minimum Gasteiger partial charge on any atom is -0.464 e. The molecule has 1 aromatic heterocycles. The number of carbonyl (C=O) groups is 2. The number of ether oxygens (including phenoxy) is 1. The van der Waals surface area contributed by atoms with E-state index >= 15 is 0 Å². The maximum atomic E-state index is 11.7. The molecule has 20 heavy (non-hydrogen) atoms. The first-order valence-electron chi connectivity index (χ1n) is 6.75. The Morgan fingerprint density at radius 3 is 2.45 bits per heavy atom. The molecule has 1 heterocycles. The van der Waals surface area contributed by atoms with E-state index in [-0.39, 0.29) is 30.8 Å². The summed E-state index contributed by atoms with van der Waals surface area (Å²) in [6.45, 7) is 9.08. The van der Waals surface area contributed by atoms with E-state index in [0.29, 0.717) is 5.76 Å². The van der Waals surface area contributed by atoms with Gasteiger partial charge in [0.05, 0.1) is 12.5 Å². The van der Waals surface area contributed by atoms with E-state index in [1.54, 1.807) is 20.8 Å². The summed E-state index contributed by atoms with van der Waals surface area (Å²) < 4.78 is 10.6. The highest BCUT2D eigenvalue weighted by molar-refractivity contribution is 5.81. The van der Waals surface area contributed by atoms with Crippen molar-refractivity contribution in [3.05, 3.63) is 23.7 Å². The van der Waals surface area contributed by atoms with Crippen LogP contribution in [0.25, 0.3) is 0 Å². The summed E-state index contributed by atoms with van der Waals surface area (Å²) in [4.78, 5) is 23.2. The molecule has 5 heteroatoms. The van der Waals surface area contributed by atoms with Gasteiger partial charge in [0.15, 0.2) is 0 Å². The molecular formula is C15H23NO4. The molecule has 1 N–H and O–H groups in total. The Bertz CT molecular complexity index is 470. The topological polar surface area (TPSA) is 68.5 Å². The molecule has 0 saturated carbocycles. The van der Waals surface area contributed by atoms with E-state index in [0.717, 1.165) is 5.76 Å². The average Bonchev–Trinajstić information content (AvgIpc) is 2.71. The highest BCUT2D eigenvalue weighted by Gasteiger charge is 2.18. The number of rotatable bonds is 5. The normalized spacial score (nSPS) is 12.8. The molecule has 1 amide bonds. The lowest BCUT2D eigenvalue weighted by atomic mass is 10.2. The van der Waals surface area contributed by atoms with E-state index in [2.05, 4.69) is 5.32 Å². The van der Waals surface area contributed by atoms with Gasteiger partial charge in [0.1, 0.15) is 17.1 Å². The Kier molecular flexibility index (Phi) is 5.36. The third kappa shape index (κ3) is 5.91. The second-order valence-corrected chi connectivity index (χ2v) is 5.82. The molecule has 1 aromatic rings. The largest absolute Gasteiger partial charge is 0.464 e. The maximum absolute atomic E-state index is 11.7. The Balaban J connectivity index is 2.35. The summed E-state index contributed by atoms with van der Waals surface area (Å²) in [5.41, 5.74) is -0.521. The van der Waals surface area contributed by atoms with E-state index in [9.17, 15) is 9.59 Å². The van der Waals surface area contributed by atoms with Crippen LogP contribution in [0.4, 0.5) is 0 Å². The molecule has 112 valence electrons. The van der Waals surface area contributed by atoms with Crippen LogP contribution in [0.1, 0.15) is 58.1 Å². The molecule has 0 spiro atoms. The number of hydrogen-bond donors (Lipinski definition) is 1. The van der Waals surface area contributed by atoms with Crippen LogP contribution in [0.5, 0.6) is 0 Å².